The van der Waals surface area contributed by atoms with E-state index in [1.54, 1.807) is 11.1 Å². The van der Waals surface area contributed by atoms with Crippen LogP contribution in [0.2, 0.25) is 5.02 Å². The Kier molecular flexibility index (Phi) is 2.12. The fourth-order valence-electron chi connectivity index (χ4n) is 1.11. The number of aromatic nitrogens is 1. The van der Waals surface area contributed by atoms with Crippen molar-refractivity contribution in [2.75, 3.05) is 0 Å². The molecule has 3 nitrogen and oxygen atoms in total. The summed E-state index contributed by atoms with van der Waals surface area (Å²) in [5.74, 6) is -1.02. The van der Waals surface area contributed by atoms with Gasteiger partial charge in [0.25, 0.3) is 0 Å². The molecular formula is C8H4ClNO2Se. The van der Waals surface area contributed by atoms with Gasteiger partial charge in [-0.1, -0.05) is 0 Å². The summed E-state index contributed by atoms with van der Waals surface area (Å²) in [7, 11) is 0. The Balaban J connectivity index is 2.88. The van der Waals surface area contributed by atoms with E-state index in [0.717, 1.165) is 4.26 Å². The number of fused-ring (bicyclic) bond motifs is 1. The van der Waals surface area contributed by atoms with Gasteiger partial charge in [-0.15, -0.1) is 0 Å². The Morgan fingerprint density at radius 2 is 2.31 bits per heavy atom. The second-order valence-corrected chi connectivity index (χ2v) is 4.69. The van der Waals surface area contributed by atoms with E-state index < -0.39 is 5.97 Å². The number of hydrogen-bond donors (Lipinski definition) is 1. The molecule has 0 aliphatic heterocycles. The summed E-state index contributed by atoms with van der Waals surface area (Å²) in [5.41, 5.74) is 0.648. The molecule has 0 fully saturated rings. The molecule has 0 unspecified atom stereocenters. The van der Waals surface area contributed by atoms with Gasteiger partial charge < -0.3 is 0 Å². The molecule has 2 aromatic rings. The summed E-state index contributed by atoms with van der Waals surface area (Å²) in [4.78, 5) is 14.8. The molecule has 5 heteroatoms. The molecule has 0 atom stereocenters. The van der Waals surface area contributed by atoms with E-state index in [-0.39, 0.29) is 25.1 Å². The topological polar surface area (TPSA) is 50.2 Å². The van der Waals surface area contributed by atoms with Gasteiger partial charge in [0.2, 0.25) is 0 Å². The molecular weight excluding hydrogens is 257 g/mol. The van der Waals surface area contributed by atoms with E-state index in [4.69, 9.17) is 16.7 Å². The normalized spacial score (nSPS) is 10.5. The zero-order chi connectivity index (χ0) is 9.42. The van der Waals surface area contributed by atoms with Gasteiger partial charge >= 0.3 is 84.5 Å². The summed E-state index contributed by atoms with van der Waals surface area (Å²) in [5, 5.41) is 10.9. The predicted molar refractivity (Wildman–Crippen MR) is 50.7 cm³/mol. The van der Waals surface area contributed by atoms with Crippen molar-refractivity contribution < 1.29 is 9.90 Å². The number of carbonyl (C=O) groups is 1. The molecule has 1 aromatic carbocycles. The van der Waals surface area contributed by atoms with Crippen LogP contribution in [0.4, 0.5) is 0 Å². The van der Waals surface area contributed by atoms with Crippen LogP contribution in [0.25, 0.3) is 9.78 Å². The Morgan fingerprint density at radius 3 is 3.00 bits per heavy atom. The van der Waals surface area contributed by atoms with Crippen LogP contribution in [-0.2, 0) is 0 Å². The standard InChI is InChI=1S/C8H4ClNO2Se/c9-4-1-2-5-7(10-3-13-5)6(4)8(11)12/h1-3H,(H,11,12). The van der Waals surface area contributed by atoms with E-state index in [0.29, 0.717) is 5.52 Å². The molecule has 1 aromatic heterocycles. The first-order valence-electron chi connectivity index (χ1n) is 3.45. The van der Waals surface area contributed by atoms with Crippen LogP contribution < -0.4 is 0 Å². The van der Waals surface area contributed by atoms with Gasteiger partial charge in [0.05, 0.1) is 0 Å². The fraction of sp³-hybridized carbons (Fsp3) is 0. The van der Waals surface area contributed by atoms with Crippen molar-refractivity contribution in [3.05, 3.63) is 27.8 Å². The second-order valence-electron chi connectivity index (χ2n) is 2.43. The van der Waals surface area contributed by atoms with Crippen molar-refractivity contribution in [1.82, 2.24) is 4.98 Å². The maximum atomic E-state index is 10.8. The van der Waals surface area contributed by atoms with E-state index in [2.05, 4.69) is 4.98 Å². The van der Waals surface area contributed by atoms with Gasteiger partial charge in [-0.25, -0.2) is 0 Å². The molecule has 1 heterocycles. The molecule has 0 aliphatic rings. The van der Waals surface area contributed by atoms with Crippen molar-refractivity contribution in [2.24, 2.45) is 0 Å². The second kappa shape index (κ2) is 3.14. The quantitative estimate of drug-likeness (QED) is 0.793. The Morgan fingerprint density at radius 1 is 1.54 bits per heavy atom. The maximum absolute atomic E-state index is 10.8. The zero-order valence-electron chi connectivity index (χ0n) is 6.32. The number of carboxylic acid groups (broad SMARTS) is 1. The van der Waals surface area contributed by atoms with Crippen molar-refractivity contribution in [3.63, 3.8) is 0 Å². The van der Waals surface area contributed by atoms with Gasteiger partial charge in [0, 0.05) is 0 Å². The number of aromatic carboxylic acids is 1. The monoisotopic (exact) mass is 261 g/mol. The first-order valence-corrected chi connectivity index (χ1v) is 5.67. The fourth-order valence-corrected chi connectivity index (χ4v) is 2.78. The van der Waals surface area contributed by atoms with E-state index in [1.807, 2.05) is 6.07 Å². The van der Waals surface area contributed by atoms with Crippen LogP contribution in [0, 0.1) is 0 Å². The number of rotatable bonds is 1. The van der Waals surface area contributed by atoms with Crippen molar-refractivity contribution >= 4 is 41.9 Å². The molecule has 2 rings (SSSR count). The van der Waals surface area contributed by atoms with Gasteiger partial charge in [-0.3, -0.25) is 0 Å². The third kappa shape index (κ3) is 1.37. The molecule has 0 saturated heterocycles. The van der Waals surface area contributed by atoms with Gasteiger partial charge in [0.1, 0.15) is 0 Å². The molecule has 1 N–H and O–H groups in total. The number of hydrogen-bond acceptors (Lipinski definition) is 2. The van der Waals surface area contributed by atoms with E-state index >= 15 is 0 Å². The number of halogens is 1. The predicted octanol–water partition coefficient (Wildman–Crippen LogP) is 1.64. The Hall–Kier alpha value is -0.831. The molecule has 0 bridgehead atoms. The molecule has 0 radical (unpaired) electrons. The Bertz CT molecular complexity index is 480. The molecule has 66 valence electrons. The van der Waals surface area contributed by atoms with Crippen molar-refractivity contribution in [2.45, 2.75) is 0 Å². The zero-order valence-corrected chi connectivity index (χ0v) is 8.79. The van der Waals surface area contributed by atoms with E-state index in [9.17, 15) is 4.79 Å². The molecule has 13 heavy (non-hydrogen) atoms. The SMILES string of the molecule is O=C(O)c1c(Cl)ccc2[se]cnc12. The number of benzene rings is 1. The number of carboxylic acids is 1. The van der Waals surface area contributed by atoms with Gasteiger partial charge in [-0.2, -0.15) is 0 Å². The van der Waals surface area contributed by atoms with Crippen LogP contribution in [-0.4, -0.2) is 30.6 Å². The summed E-state index contributed by atoms with van der Waals surface area (Å²) in [6.07, 6.45) is 0. The van der Waals surface area contributed by atoms with Crippen LogP contribution in [0.15, 0.2) is 17.2 Å². The van der Waals surface area contributed by atoms with E-state index in [1.165, 1.54) is 0 Å². The first kappa shape index (κ1) is 8.75. The average Bonchev–Trinajstić information content (AvgIpc) is 2.50. The minimum atomic E-state index is -1.02. The van der Waals surface area contributed by atoms with Crippen LogP contribution >= 0.6 is 11.6 Å². The first-order chi connectivity index (χ1) is 6.20. The van der Waals surface area contributed by atoms with Gasteiger partial charge in [-0.05, 0) is 0 Å². The molecule has 0 aliphatic carbocycles. The van der Waals surface area contributed by atoms with Crippen LogP contribution in [0.3, 0.4) is 0 Å². The number of nitrogens with zero attached hydrogens (tertiary/aromatic N) is 1. The van der Waals surface area contributed by atoms with Crippen LogP contribution in [0.5, 0.6) is 0 Å². The summed E-state index contributed by atoms with van der Waals surface area (Å²) in [6, 6.07) is 3.44. The van der Waals surface area contributed by atoms with Crippen molar-refractivity contribution in [3.8, 4) is 0 Å². The molecule has 0 amide bonds. The summed E-state index contributed by atoms with van der Waals surface area (Å²) in [6.45, 7) is 0. The molecule has 0 saturated carbocycles. The van der Waals surface area contributed by atoms with Crippen molar-refractivity contribution in [1.29, 1.82) is 0 Å². The third-order valence-electron chi connectivity index (χ3n) is 1.67. The third-order valence-corrected chi connectivity index (χ3v) is 3.65. The molecule has 0 spiro atoms. The average molecular weight is 261 g/mol. The van der Waals surface area contributed by atoms with Gasteiger partial charge in [0.15, 0.2) is 0 Å². The Labute approximate surface area is 84.7 Å². The summed E-state index contributed by atoms with van der Waals surface area (Å²) < 4.78 is 0.981. The minimum absolute atomic E-state index is 0.120. The summed E-state index contributed by atoms with van der Waals surface area (Å²) >= 11 is 5.91. The van der Waals surface area contributed by atoms with Crippen LogP contribution in [0.1, 0.15) is 10.4 Å².